The van der Waals surface area contributed by atoms with Gasteiger partial charge in [0.25, 0.3) is 0 Å². The van der Waals surface area contributed by atoms with Crippen LogP contribution in [0.4, 0.5) is 4.39 Å². The van der Waals surface area contributed by atoms with Gasteiger partial charge in [0.2, 0.25) is 0 Å². The summed E-state index contributed by atoms with van der Waals surface area (Å²) in [4.78, 5) is 0. The van der Waals surface area contributed by atoms with E-state index in [1.165, 1.54) is 12.1 Å². The fourth-order valence-corrected chi connectivity index (χ4v) is 2.43. The minimum absolute atomic E-state index is 0.223. The maximum Gasteiger partial charge on any atom is 0.124 e. The van der Waals surface area contributed by atoms with Gasteiger partial charge in [-0.05, 0) is 35.7 Å². The van der Waals surface area contributed by atoms with Crippen molar-refractivity contribution >= 4 is 11.6 Å². The molecule has 5 heteroatoms. The maximum absolute atomic E-state index is 13.1. The molecule has 20 heavy (non-hydrogen) atoms. The quantitative estimate of drug-likeness (QED) is 0.657. The summed E-state index contributed by atoms with van der Waals surface area (Å²) in [5.41, 5.74) is 4.47. The molecule has 106 valence electrons. The first-order chi connectivity index (χ1) is 9.65. The highest BCUT2D eigenvalue weighted by Crippen LogP contribution is 2.29. The summed E-state index contributed by atoms with van der Waals surface area (Å²) in [6.07, 6.45) is 0.589. The zero-order chi connectivity index (χ0) is 14.5. The minimum Gasteiger partial charge on any atom is -0.496 e. The molecule has 1 unspecified atom stereocenters. The van der Waals surface area contributed by atoms with Crippen LogP contribution in [0.3, 0.4) is 0 Å². The number of hydrogen-bond donors (Lipinski definition) is 2. The van der Waals surface area contributed by atoms with Crippen LogP contribution in [-0.4, -0.2) is 7.11 Å². The van der Waals surface area contributed by atoms with Crippen LogP contribution in [0, 0.1) is 5.82 Å². The molecule has 0 aromatic heterocycles. The maximum atomic E-state index is 13.1. The molecule has 0 aliphatic rings. The van der Waals surface area contributed by atoms with Crippen molar-refractivity contribution in [3.63, 3.8) is 0 Å². The second-order valence-corrected chi connectivity index (χ2v) is 4.81. The molecule has 3 N–H and O–H groups in total. The molecule has 0 saturated carbocycles. The van der Waals surface area contributed by atoms with Crippen molar-refractivity contribution in [2.24, 2.45) is 5.84 Å². The van der Waals surface area contributed by atoms with Crippen LogP contribution in [0.2, 0.25) is 5.02 Å². The molecule has 0 saturated heterocycles. The van der Waals surface area contributed by atoms with Crippen molar-refractivity contribution in [3.8, 4) is 5.75 Å². The summed E-state index contributed by atoms with van der Waals surface area (Å²) < 4.78 is 18.4. The van der Waals surface area contributed by atoms with Gasteiger partial charge >= 0.3 is 0 Å². The summed E-state index contributed by atoms with van der Waals surface area (Å²) in [7, 11) is 1.62. The van der Waals surface area contributed by atoms with Crippen molar-refractivity contribution in [2.75, 3.05) is 7.11 Å². The Morgan fingerprint density at radius 1 is 1.30 bits per heavy atom. The van der Waals surface area contributed by atoms with E-state index in [0.717, 1.165) is 16.9 Å². The third-order valence-electron chi connectivity index (χ3n) is 3.16. The van der Waals surface area contributed by atoms with Gasteiger partial charge in [0.15, 0.2) is 0 Å². The topological polar surface area (TPSA) is 47.3 Å². The SMILES string of the molecule is COc1ccccc1CC(NN)c1ccc(F)cc1Cl. The number of nitrogens with two attached hydrogens (primary N) is 1. The van der Waals surface area contributed by atoms with Crippen molar-refractivity contribution in [3.05, 3.63) is 64.4 Å². The number of methoxy groups -OCH3 is 1. The largest absolute Gasteiger partial charge is 0.496 e. The summed E-state index contributed by atoms with van der Waals surface area (Å²) in [6, 6.07) is 11.7. The molecule has 0 radical (unpaired) electrons. The van der Waals surface area contributed by atoms with E-state index in [9.17, 15) is 4.39 Å². The fourth-order valence-electron chi connectivity index (χ4n) is 2.13. The lowest BCUT2D eigenvalue weighted by Crippen LogP contribution is -2.30. The number of para-hydroxylation sites is 1. The molecule has 0 spiro atoms. The van der Waals surface area contributed by atoms with Crippen LogP contribution in [-0.2, 0) is 6.42 Å². The molecule has 0 bridgehead atoms. The van der Waals surface area contributed by atoms with Crippen LogP contribution in [0.15, 0.2) is 42.5 Å². The minimum atomic E-state index is -0.369. The molecule has 0 fully saturated rings. The van der Waals surface area contributed by atoms with Crippen molar-refractivity contribution < 1.29 is 9.13 Å². The molecule has 2 aromatic carbocycles. The van der Waals surface area contributed by atoms with Crippen LogP contribution in [0.1, 0.15) is 17.2 Å². The number of benzene rings is 2. The van der Waals surface area contributed by atoms with E-state index in [-0.39, 0.29) is 11.9 Å². The van der Waals surface area contributed by atoms with Gasteiger partial charge in [0.05, 0.1) is 13.2 Å². The second kappa shape index (κ2) is 6.70. The first kappa shape index (κ1) is 14.8. The molecular formula is C15H16ClFN2O. The fraction of sp³-hybridized carbons (Fsp3) is 0.200. The number of rotatable bonds is 5. The van der Waals surface area contributed by atoms with Crippen LogP contribution in [0.5, 0.6) is 5.75 Å². The monoisotopic (exact) mass is 294 g/mol. The predicted octanol–water partition coefficient (Wildman–Crippen LogP) is 3.23. The molecule has 0 heterocycles. The van der Waals surface area contributed by atoms with Gasteiger partial charge in [-0.1, -0.05) is 35.9 Å². The van der Waals surface area contributed by atoms with Gasteiger partial charge in [-0.2, -0.15) is 0 Å². The van der Waals surface area contributed by atoms with E-state index >= 15 is 0 Å². The Labute approximate surface area is 122 Å². The molecule has 0 aliphatic carbocycles. The van der Waals surface area contributed by atoms with Crippen LogP contribution < -0.4 is 16.0 Å². The van der Waals surface area contributed by atoms with E-state index in [0.29, 0.717) is 11.4 Å². The number of halogens is 2. The zero-order valence-corrected chi connectivity index (χ0v) is 11.8. The van der Waals surface area contributed by atoms with E-state index in [4.69, 9.17) is 22.2 Å². The smallest absolute Gasteiger partial charge is 0.124 e. The van der Waals surface area contributed by atoms with Gasteiger partial charge in [-0.15, -0.1) is 0 Å². The van der Waals surface area contributed by atoms with Gasteiger partial charge in [-0.3, -0.25) is 11.3 Å². The van der Waals surface area contributed by atoms with Crippen LogP contribution >= 0.6 is 11.6 Å². The predicted molar refractivity (Wildman–Crippen MR) is 78.2 cm³/mol. The Balaban J connectivity index is 2.29. The summed E-state index contributed by atoms with van der Waals surface area (Å²) in [5, 5.41) is 0.350. The molecule has 2 aromatic rings. The average Bonchev–Trinajstić information content (AvgIpc) is 2.46. The third kappa shape index (κ3) is 3.28. The summed E-state index contributed by atoms with van der Waals surface area (Å²) in [5.74, 6) is 6.02. The first-order valence-electron chi connectivity index (χ1n) is 6.18. The van der Waals surface area contributed by atoms with E-state index < -0.39 is 0 Å². The highest BCUT2D eigenvalue weighted by atomic mass is 35.5. The average molecular weight is 295 g/mol. The van der Waals surface area contributed by atoms with Gasteiger partial charge < -0.3 is 4.74 Å². The number of hydrogen-bond acceptors (Lipinski definition) is 3. The van der Waals surface area contributed by atoms with Crippen LogP contribution in [0.25, 0.3) is 0 Å². The molecular weight excluding hydrogens is 279 g/mol. The Kier molecular flexibility index (Phi) is 4.95. The Morgan fingerprint density at radius 2 is 2.05 bits per heavy atom. The van der Waals surface area contributed by atoms with Crippen molar-refractivity contribution in [1.82, 2.24) is 5.43 Å². The second-order valence-electron chi connectivity index (χ2n) is 4.40. The Bertz CT molecular complexity index is 592. The zero-order valence-electron chi connectivity index (χ0n) is 11.1. The first-order valence-corrected chi connectivity index (χ1v) is 6.56. The molecule has 0 amide bonds. The van der Waals surface area contributed by atoms with E-state index in [1.807, 2.05) is 24.3 Å². The number of ether oxygens (including phenoxy) is 1. The lowest BCUT2D eigenvalue weighted by Gasteiger charge is -2.19. The molecule has 1 atom stereocenters. The molecule has 2 rings (SSSR count). The summed E-state index contributed by atoms with van der Waals surface area (Å²) >= 11 is 6.08. The lowest BCUT2D eigenvalue weighted by molar-refractivity contribution is 0.405. The normalized spacial score (nSPS) is 12.2. The van der Waals surface area contributed by atoms with Gasteiger partial charge in [0, 0.05) is 5.02 Å². The van der Waals surface area contributed by atoms with Crippen molar-refractivity contribution in [2.45, 2.75) is 12.5 Å². The number of nitrogens with one attached hydrogen (secondary N) is 1. The van der Waals surface area contributed by atoms with Gasteiger partial charge in [0.1, 0.15) is 11.6 Å². The van der Waals surface area contributed by atoms with E-state index in [2.05, 4.69) is 5.43 Å². The molecule has 0 aliphatic heterocycles. The molecule has 3 nitrogen and oxygen atoms in total. The summed E-state index contributed by atoms with van der Waals surface area (Å²) in [6.45, 7) is 0. The van der Waals surface area contributed by atoms with Crippen molar-refractivity contribution in [1.29, 1.82) is 0 Å². The number of hydrazine groups is 1. The standard InChI is InChI=1S/C15H16ClFN2O/c1-20-15-5-3-2-4-10(15)8-14(19-18)12-7-6-11(17)9-13(12)16/h2-7,9,14,19H,8,18H2,1H3. The van der Waals surface area contributed by atoms with E-state index in [1.54, 1.807) is 13.2 Å². The van der Waals surface area contributed by atoms with Gasteiger partial charge in [-0.25, -0.2) is 4.39 Å². The Hall–Kier alpha value is -1.62. The highest BCUT2D eigenvalue weighted by Gasteiger charge is 2.16. The highest BCUT2D eigenvalue weighted by molar-refractivity contribution is 6.31. The Morgan fingerprint density at radius 3 is 2.70 bits per heavy atom. The lowest BCUT2D eigenvalue weighted by atomic mass is 9.98. The third-order valence-corrected chi connectivity index (χ3v) is 3.48.